The van der Waals surface area contributed by atoms with Crippen LogP contribution < -0.4 is 0 Å². The van der Waals surface area contributed by atoms with Crippen molar-refractivity contribution in [3.63, 3.8) is 0 Å². The van der Waals surface area contributed by atoms with Crippen molar-refractivity contribution in [2.45, 2.75) is 32.4 Å². The third kappa shape index (κ3) is 3.20. The minimum Gasteiger partial charge on any atom is -0.395 e. The Hall–Kier alpha value is -0.800. The summed E-state index contributed by atoms with van der Waals surface area (Å²) >= 11 is 0. The van der Waals surface area contributed by atoms with E-state index in [4.69, 9.17) is 5.11 Å². The van der Waals surface area contributed by atoms with E-state index in [-0.39, 0.29) is 6.61 Å². The Labute approximate surface area is 78.6 Å². The fourth-order valence-corrected chi connectivity index (χ4v) is 1.38. The molecule has 0 amide bonds. The highest BCUT2D eigenvalue weighted by Gasteiger charge is 2.15. The lowest BCUT2D eigenvalue weighted by atomic mass is 10.0. The molecule has 0 aliphatic heterocycles. The van der Waals surface area contributed by atoms with E-state index in [1.165, 1.54) is 0 Å². The summed E-state index contributed by atoms with van der Waals surface area (Å²) in [5.41, 5.74) is 0.368. The summed E-state index contributed by atoms with van der Waals surface area (Å²) < 4.78 is 1.96. The molecule has 0 aromatic carbocycles. The van der Waals surface area contributed by atoms with Gasteiger partial charge in [0.1, 0.15) is 0 Å². The highest BCUT2D eigenvalue weighted by atomic mass is 16.3. The highest BCUT2D eigenvalue weighted by molar-refractivity contribution is 5.09. The molecule has 0 unspecified atom stereocenters. The molecule has 13 heavy (non-hydrogen) atoms. The lowest BCUT2D eigenvalue weighted by Crippen LogP contribution is -2.23. The predicted molar refractivity (Wildman–Crippen MR) is 51.5 cm³/mol. The lowest BCUT2D eigenvalue weighted by molar-refractivity contribution is 0.0786. The maximum Gasteiger partial charge on any atom is 0.0646 e. The van der Waals surface area contributed by atoms with Gasteiger partial charge in [0.25, 0.3) is 0 Å². The molecule has 0 atom stereocenters. The van der Waals surface area contributed by atoms with Crippen molar-refractivity contribution in [3.05, 3.63) is 24.0 Å². The minimum atomic E-state index is -0.689. The molecule has 1 rings (SSSR count). The van der Waals surface area contributed by atoms with E-state index < -0.39 is 5.60 Å². The minimum absolute atomic E-state index is 0.132. The van der Waals surface area contributed by atoms with Gasteiger partial charge in [-0.15, -0.1) is 0 Å². The van der Waals surface area contributed by atoms with Gasteiger partial charge in [-0.1, -0.05) is 0 Å². The number of rotatable bonds is 4. The Morgan fingerprint density at radius 3 is 2.69 bits per heavy atom. The SMILES string of the molecule is CC(C)(O)Cc1cccn1CCO. The molecule has 0 saturated carbocycles. The number of hydrogen-bond acceptors (Lipinski definition) is 2. The molecule has 2 N–H and O–H groups in total. The van der Waals surface area contributed by atoms with Crippen LogP contribution in [0, 0.1) is 0 Å². The maximum absolute atomic E-state index is 9.61. The lowest BCUT2D eigenvalue weighted by Gasteiger charge is -2.18. The van der Waals surface area contributed by atoms with Crippen LogP contribution in [-0.4, -0.2) is 27.0 Å². The number of aliphatic hydroxyl groups is 2. The van der Waals surface area contributed by atoms with Crippen LogP contribution in [0.25, 0.3) is 0 Å². The van der Waals surface area contributed by atoms with E-state index in [2.05, 4.69) is 0 Å². The van der Waals surface area contributed by atoms with Crippen molar-refractivity contribution in [3.8, 4) is 0 Å². The molecule has 0 saturated heterocycles. The number of aliphatic hydroxyl groups excluding tert-OH is 1. The van der Waals surface area contributed by atoms with Crippen molar-refractivity contribution < 1.29 is 10.2 Å². The van der Waals surface area contributed by atoms with Crippen molar-refractivity contribution in [1.29, 1.82) is 0 Å². The quantitative estimate of drug-likeness (QED) is 0.725. The fourth-order valence-electron chi connectivity index (χ4n) is 1.38. The van der Waals surface area contributed by atoms with E-state index >= 15 is 0 Å². The van der Waals surface area contributed by atoms with Crippen molar-refractivity contribution >= 4 is 0 Å². The maximum atomic E-state index is 9.61. The molecule has 0 aliphatic rings. The van der Waals surface area contributed by atoms with Gasteiger partial charge in [0.15, 0.2) is 0 Å². The van der Waals surface area contributed by atoms with Crippen LogP contribution in [-0.2, 0) is 13.0 Å². The first-order valence-electron chi connectivity index (χ1n) is 4.50. The molecule has 0 aliphatic carbocycles. The Kier molecular flexibility index (Phi) is 3.12. The largest absolute Gasteiger partial charge is 0.395 e. The summed E-state index contributed by atoms with van der Waals surface area (Å²) in [5, 5.41) is 18.4. The van der Waals surface area contributed by atoms with Gasteiger partial charge in [-0.2, -0.15) is 0 Å². The van der Waals surface area contributed by atoms with E-state index in [0.717, 1.165) is 5.69 Å². The topological polar surface area (TPSA) is 45.4 Å². The molecule has 0 bridgehead atoms. The normalized spacial score (nSPS) is 12.0. The van der Waals surface area contributed by atoms with Crippen LogP contribution in [0.2, 0.25) is 0 Å². The molecule has 74 valence electrons. The smallest absolute Gasteiger partial charge is 0.0646 e. The van der Waals surface area contributed by atoms with Gasteiger partial charge in [-0.25, -0.2) is 0 Å². The Bertz CT molecular complexity index is 260. The molecule has 0 radical (unpaired) electrons. The zero-order valence-corrected chi connectivity index (χ0v) is 8.20. The summed E-state index contributed by atoms with van der Waals surface area (Å²) in [7, 11) is 0. The molecule has 0 fully saturated rings. The first kappa shape index (κ1) is 10.3. The zero-order valence-electron chi connectivity index (χ0n) is 8.20. The standard InChI is InChI=1S/C10H17NO2/c1-10(2,13)8-9-4-3-5-11(9)6-7-12/h3-5,12-13H,6-8H2,1-2H3. The summed E-state index contributed by atoms with van der Waals surface area (Å²) in [6.45, 7) is 4.29. The molecular formula is C10H17NO2. The first-order chi connectivity index (χ1) is 6.03. The highest BCUT2D eigenvalue weighted by Crippen LogP contribution is 2.12. The van der Waals surface area contributed by atoms with Gasteiger partial charge in [0, 0.05) is 24.9 Å². The molecular weight excluding hydrogens is 166 g/mol. The second kappa shape index (κ2) is 3.94. The molecule has 1 aromatic heterocycles. The third-order valence-corrected chi connectivity index (χ3v) is 1.88. The molecule has 0 spiro atoms. The van der Waals surface area contributed by atoms with Crippen LogP contribution >= 0.6 is 0 Å². The Morgan fingerprint density at radius 1 is 1.46 bits per heavy atom. The number of aromatic nitrogens is 1. The van der Waals surface area contributed by atoms with E-state index in [1.54, 1.807) is 13.8 Å². The summed E-state index contributed by atoms with van der Waals surface area (Å²) in [4.78, 5) is 0. The first-order valence-corrected chi connectivity index (χ1v) is 4.50. The summed E-state index contributed by atoms with van der Waals surface area (Å²) in [6, 6.07) is 3.89. The van der Waals surface area contributed by atoms with Crippen LogP contribution in [0.3, 0.4) is 0 Å². The summed E-state index contributed by atoms with van der Waals surface area (Å²) in [6.07, 6.45) is 2.53. The Balaban J connectivity index is 2.70. The monoisotopic (exact) mass is 183 g/mol. The predicted octanol–water partition coefficient (Wildman–Crippen LogP) is 0.794. The van der Waals surface area contributed by atoms with E-state index in [1.807, 2.05) is 22.9 Å². The molecule has 3 heteroatoms. The molecule has 3 nitrogen and oxygen atoms in total. The van der Waals surface area contributed by atoms with Crippen LogP contribution in [0.15, 0.2) is 18.3 Å². The van der Waals surface area contributed by atoms with E-state index in [9.17, 15) is 5.11 Å². The Morgan fingerprint density at radius 2 is 2.15 bits per heavy atom. The van der Waals surface area contributed by atoms with Crippen molar-refractivity contribution in [1.82, 2.24) is 4.57 Å². The van der Waals surface area contributed by atoms with Gasteiger partial charge in [0.2, 0.25) is 0 Å². The van der Waals surface area contributed by atoms with Crippen LogP contribution in [0.5, 0.6) is 0 Å². The summed E-state index contributed by atoms with van der Waals surface area (Å²) in [5.74, 6) is 0. The van der Waals surface area contributed by atoms with E-state index in [0.29, 0.717) is 13.0 Å². The average molecular weight is 183 g/mol. The fraction of sp³-hybridized carbons (Fsp3) is 0.600. The van der Waals surface area contributed by atoms with Gasteiger partial charge in [0.05, 0.1) is 12.2 Å². The van der Waals surface area contributed by atoms with Gasteiger partial charge in [-0.3, -0.25) is 0 Å². The van der Waals surface area contributed by atoms with Gasteiger partial charge >= 0.3 is 0 Å². The van der Waals surface area contributed by atoms with Gasteiger partial charge in [-0.05, 0) is 26.0 Å². The second-order valence-electron chi connectivity index (χ2n) is 3.91. The second-order valence-corrected chi connectivity index (χ2v) is 3.91. The molecule has 1 aromatic rings. The van der Waals surface area contributed by atoms with Gasteiger partial charge < -0.3 is 14.8 Å². The van der Waals surface area contributed by atoms with Crippen LogP contribution in [0.1, 0.15) is 19.5 Å². The van der Waals surface area contributed by atoms with Crippen LogP contribution in [0.4, 0.5) is 0 Å². The number of nitrogens with zero attached hydrogens (tertiary/aromatic N) is 1. The molecule has 1 heterocycles. The average Bonchev–Trinajstić information content (AvgIpc) is 2.34. The number of hydrogen-bond donors (Lipinski definition) is 2. The van der Waals surface area contributed by atoms with Crippen molar-refractivity contribution in [2.75, 3.05) is 6.61 Å². The third-order valence-electron chi connectivity index (χ3n) is 1.88. The zero-order chi connectivity index (χ0) is 9.90. The van der Waals surface area contributed by atoms with Crippen molar-refractivity contribution in [2.24, 2.45) is 0 Å².